The van der Waals surface area contributed by atoms with Gasteiger partial charge in [-0.15, -0.1) is 11.3 Å². The number of hydrogen-bond donors (Lipinski definition) is 0. The zero-order valence-electron chi connectivity index (χ0n) is 13.3. The van der Waals surface area contributed by atoms with Crippen molar-refractivity contribution in [3.05, 3.63) is 71.5 Å². The smallest absolute Gasteiger partial charge is 0.123 e. The Morgan fingerprint density at radius 2 is 2.08 bits per heavy atom. The summed E-state index contributed by atoms with van der Waals surface area (Å²) in [6.45, 7) is 3.25. The number of rotatable bonds is 4. The van der Waals surface area contributed by atoms with Gasteiger partial charge >= 0.3 is 0 Å². The first-order chi connectivity index (χ1) is 11.9. The SMILES string of the molecule is c1ccc(-c2nc(C3COCCN3Cc3cccnc3)cs2)cc1. The molecule has 1 fully saturated rings. The van der Waals surface area contributed by atoms with Crippen molar-refractivity contribution in [3.63, 3.8) is 0 Å². The summed E-state index contributed by atoms with van der Waals surface area (Å²) < 4.78 is 5.73. The molecule has 5 heteroatoms. The fraction of sp³-hybridized carbons (Fsp3) is 0.263. The average molecular weight is 337 g/mol. The van der Waals surface area contributed by atoms with Crippen molar-refractivity contribution in [2.45, 2.75) is 12.6 Å². The quantitative estimate of drug-likeness (QED) is 0.726. The molecule has 3 aromatic rings. The van der Waals surface area contributed by atoms with Crippen LogP contribution in [0.4, 0.5) is 0 Å². The van der Waals surface area contributed by atoms with E-state index in [0.29, 0.717) is 6.61 Å². The number of benzene rings is 1. The van der Waals surface area contributed by atoms with Gasteiger partial charge in [-0.3, -0.25) is 9.88 Å². The Morgan fingerprint density at radius 3 is 2.92 bits per heavy atom. The molecule has 1 aromatic carbocycles. The second kappa shape index (κ2) is 7.21. The van der Waals surface area contributed by atoms with Gasteiger partial charge in [0.05, 0.1) is 24.9 Å². The van der Waals surface area contributed by atoms with Crippen LogP contribution in [0, 0.1) is 0 Å². The summed E-state index contributed by atoms with van der Waals surface area (Å²) in [5.74, 6) is 0. The highest BCUT2D eigenvalue weighted by Gasteiger charge is 2.27. The molecule has 0 N–H and O–H groups in total. The normalized spacial score (nSPS) is 18.6. The van der Waals surface area contributed by atoms with Gasteiger partial charge < -0.3 is 4.74 Å². The molecule has 1 unspecified atom stereocenters. The number of pyridine rings is 1. The van der Waals surface area contributed by atoms with Gasteiger partial charge in [0.1, 0.15) is 5.01 Å². The zero-order valence-corrected chi connectivity index (χ0v) is 14.2. The van der Waals surface area contributed by atoms with Gasteiger partial charge in [0, 0.05) is 36.4 Å². The first-order valence-electron chi connectivity index (χ1n) is 8.12. The summed E-state index contributed by atoms with van der Waals surface area (Å²) in [4.78, 5) is 11.5. The van der Waals surface area contributed by atoms with E-state index in [2.05, 4.69) is 45.6 Å². The third-order valence-corrected chi connectivity index (χ3v) is 5.14. The van der Waals surface area contributed by atoms with Gasteiger partial charge in [0.2, 0.25) is 0 Å². The Labute approximate surface area is 145 Å². The van der Waals surface area contributed by atoms with Crippen LogP contribution in [-0.4, -0.2) is 34.6 Å². The Balaban J connectivity index is 1.56. The van der Waals surface area contributed by atoms with E-state index in [9.17, 15) is 0 Å². The first kappa shape index (κ1) is 15.4. The van der Waals surface area contributed by atoms with Gasteiger partial charge in [-0.05, 0) is 11.6 Å². The van der Waals surface area contributed by atoms with Gasteiger partial charge in [-0.25, -0.2) is 4.98 Å². The van der Waals surface area contributed by atoms with Crippen LogP contribution in [-0.2, 0) is 11.3 Å². The number of hydrogen-bond acceptors (Lipinski definition) is 5. The van der Waals surface area contributed by atoms with Crippen LogP contribution in [0.3, 0.4) is 0 Å². The third kappa shape index (κ3) is 3.38. The van der Waals surface area contributed by atoms with Gasteiger partial charge in [-0.1, -0.05) is 36.4 Å². The Hall–Kier alpha value is -2.08. The maximum Gasteiger partial charge on any atom is 0.123 e. The molecule has 0 bridgehead atoms. The van der Waals surface area contributed by atoms with Gasteiger partial charge in [-0.2, -0.15) is 0 Å². The molecule has 1 saturated heterocycles. The lowest BCUT2D eigenvalue weighted by atomic mass is 10.1. The van der Waals surface area contributed by atoms with Crippen LogP contribution in [0.2, 0.25) is 0 Å². The van der Waals surface area contributed by atoms with E-state index in [-0.39, 0.29) is 6.04 Å². The molecule has 1 aliphatic heterocycles. The maximum absolute atomic E-state index is 5.73. The summed E-state index contributed by atoms with van der Waals surface area (Å²) in [5.41, 5.74) is 3.50. The van der Waals surface area contributed by atoms with Crippen molar-refractivity contribution in [2.75, 3.05) is 19.8 Å². The van der Waals surface area contributed by atoms with Gasteiger partial charge in [0.25, 0.3) is 0 Å². The van der Waals surface area contributed by atoms with Crippen molar-refractivity contribution in [3.8, 4) is 10.6 Å². The van der Waals surface area contributed by atoms with Crippen LogP contribution < -0.4 is 0 Å². The molecule has 0 spiro atoms. The number of morpholine rings is 1. The first-order valence-corrected chi connectivity index (χ1v) is 8.99. The summed E-state index contributed by atoms with van der Waals surface area (Å²) in [6.07, 6.45) is 3.75. The van der Waals surface area contributed by atoms with Crippen LogP contribution in [0.15, 0.2) is 60.2 Å². The van der Waals surface area contributed by atoms with Crippen molar-refractivity contribution in [1.29, 1.82) is 0 Å². The summed E-state index contributed by atoms with van der Waals surface area (Å²) in [5, 5.41) is 3.23. The predicted octanol–water partition coefficient (Wildman–Crippen LogP) is 3.78. The van der Waals surface area contributed by atoms with E-state index in [0.717, 1.165) is 30.4 Å². The number of aromatic nitrogens is 2. The monoisotopic (exact) mass is 337 g/mol. The van der Waals surface area contributed by atoms with E-state index in [1.807, 2.05) is 24.5 Å². The molecule has 3 heterocycles. The number of thiazole rings is 1. The highest BCUT2D eigenvalue weighted by Crippen LogP contribution is 2.30. The summed E-state index contributed by atoms with van der Waals surface area (Å²) in [7, 11) is 0. The lowest BCUT2D eigenvalue weighted by molar-refractivity contribution is -0.0140. The minimum atomic E-state index is 0.202. The standard InChI is InChI=1S/C19H19N3OS/c1-2-6-16(7-3-1)19-21-17(14-24-19)18-13-23-10-9-22(18)12-15-5-4-8-20-11-15/h1-8,11,14,18H,9-10,12-13H2. The van der Waals surface area contributed by atoms with Crippen LogP contribution in [0.1, 0.15) is 17.3 Å². The predicted molar refractivity (Wildman–Crippen MR) is 95.8 cm³/mol. The second-order valence-electron chi connectivity index (χ2n) is 5.87. The van der Waals surface area contributed by atoms with E-state index in [1.54, 1.807) is 11.3 Å². The fourth-order valence-corrected chi connectivity index (χ4v) is 3.85. The molecule has 4 rings (SSSR count). The molecular weight excluding hydrogens is 318 g/mol. The molecule has 0 aliphatic carbocycles. The molecule has 4 nitrogen and oxygen atoms in total. The van der Waals surface area contributed by atoms with E-state index >= 15 is 0 Å². The molecular formula is C19H19N3OS. The van der Waals surface area contributed by atoms with Gasteiger partial charge in [0.15, 0.2) is 0 Å². The number of nitrogens with zero attached hydrogens (tertiary/aromatic N) is 3. The molecule has 1 atom stereocenters. The summed E-state index contributed by atoms with van der Waals surface area (Å²) >= 11 is 1.70. The van der Waals surface area contributed by atoms with E-state index < -0.39 is 0 Å². The lowest BCUT2D eigenvalue weighted by Gasteiger charge is -2.34. The van der Waals surface area contributed by atoms with Crippen molar-refractivity contribution in [1.82, 2.24) is 14.9 Å². The molecule has 0 amide bonds. The average Bonchev–Trinajstić information content (AvgIpc) is 3.14. The van der Waals surface area contributed by atoms with Crippen LogP contribution in [0.5, 0.6) is 0 Å². The maximum atomic E-state index is 5.73. The molecule has 0 radical (unpaired) electrons. The Bertz CT molecular complexity index is 776. The molecule has 24 heavy (non-hydrogen) atoms. The molecule has 2 aromatic heterocycles. The van der Waals surface area contributed by atoms with E-state index in [1.165, 1.54) is 11.1 Å². The minimum absolute atomic E-state index is 0.202. The Kier molecular flexibility index (Phi) is 4.64. The van der Waals surface area contributed by atoms with Crippen LogP contribution in [0.25, 0.3) is 10.6 Å². The largest absolute Gasteiger partial charge is 0.378 e. The van der Waals surface area contributed by atoms with E-state index in [4.69, 9.17) is 9.72 Å². The highest BCUT2D eigenvalue weighted by molar-refractivity contribution is 7.13. The van der Waals surface area contributed by atoms with Crippen molar-refractivity contribution >= 4 is 11.3 Å². The van der Waals surface area contributed by atoms with Crippen molar-refractivity contribution < 1.29 is 4.74 Å². The molecule has 0 saturated carbocycles. The second-order valence-corrected chi connectivity index (χ2v) is 6.72. The Morgan fingerprint density at radius 1 is 1.17 bits per heavy atom. The molecule has 1 aliphatic rings. The topological polar surface area (TPSA) is 38.2 Å². The third-order valence-electron chi connectivity index (χ3n) is 4.23. The highest BCUT2D eigenvalue weighted by atomic mass is 32.1. The van der Waals surface area contributed by atoms with Crippen molar-refractivity contribution in [2.24, 2.45) is 0 Å². The number of ether oxygens (including phenoxy) is 1. The zero-order chi connectivity index (χ0) is 16.2. The minimum Gasteiger partial charge on any atom is -0.378 e. The van der Waals surface area contributed by atoms with Crippen LogP contribution >= 0.6 is 11.3 Å². The summed E-state index contributed by atoms with van der Waals surface area (Å²) in [6, 6.07) is 14.7. The molecule has 122 valence electrons. The lowest BCUT2D eigenvalue weighted by Crippen LogP contribution is -2.39. The fourth-order valence-electron chi connectivity index (χ4n) is 2.98.